The molecule has 1 aliphatic rings. The first kappa shape index (κ1) is 37.0. The van der Waals surface area contributed by atoms with Crippen LogP contribution < -0.4 is 4.90 Å². The fraction of sp³-hybridized carbons (Fsp3) is 0.0164. The number of rotatable bonds is 8. The van der Waals surface area contributed by atoms with E-state index in [-0.39, 0.29) is 0 Å². The molecule has 1 heterocycles. The van der Waals surface area contributed by atoms with Crippen molar-refractivity contribution >= 4 is 48.6 Å². The van der Waals surface area contributed by atoms with Crippen molar-refractivity contribution in [1.82, 2.24) is 0 Å². The Hall–Kier alpha value is -7.78. The molecule has 0 aliphatic heterocycles. The van der Waals surface area contributed by atoms with Crippen molar-refractivity contribution in [2.24, 2.45) is 0 Å². The topological polar surface area (TPSA) is 3.24 Å². The summed E-state index contributed by atoms with van der Waals surface area (Å²) >= 11 is 1.90. The first-order valence-electron chi connectivity index (χ1n) is 21.7. The lowest BCUT2D eigenvalue weighted by Crippen LogP contribution is -2.28. The number of hydrogen-bond donors (Lipinski definition) is 0. The zero-order chi connectivity index (χ0) is 41.7. The minimum atomic E-state index is -0.410. The molecular formula is C61H41NS. The van der Waals surface area contributed by atoms with Gasteiger partial charge in [0, 0.05) is 37.2 Å². The van der Waals surface area contributed by atoms with Gasteiger partial charge in [0.1, 0.15) is 0 Å². The van der Waals surface area contributed by atoms with E-state index in [0.717, 1.165) is 17.1 Å². The van der Waals surface area contributed by atoms with Crippen LogP contribution in [0, 0.1) is 0 Å². The average molecular weight is 820 g/mol. The second-order valence-electron chi connectivity index (χ2n) is 16.4. The number of hydrogen-bond acceptors (Lipinski definition) is 2. The predicted molar refractivity (Wildman–Crippen MR) is 268 cm³/mol. The molecule has 12 rings (SSSR count). The minimum Gasteiger partial charge on any atom is -0.310 e. The SMILES string of the molecule is c1ccc(-c2ccc(N(c3ccccc3)c3cccc(-c4cccc(-c5ccc6c(c5)sc5cc(C7(c8ccccc8)c8ccccc8-c8ccccc87)ccc56)c4)c3)cc2)cc1. The molecule has 0 unspecified atom stereocenters. The molecule has 1 nitrogen and oxygen atoms in total. The number of benzene rings is 10. The van der Waals surface area contributed by atoms with Gasteiger partial charge in [-0.3, -0.25) is 0 Å². The largest absolute Gasteiger partial charge is 0.310 e. The van der Waals surface area contributed by atoms with Gasteiger partial charge in [0.2, 0.25) is 0 Å². The number of nitrogens with zero attached hydrogens (tertiary/aromatic N) is 1. The maximum Gasteiger partial charge on any atom is 0.0714 e. The van der Waals surface area contributed by atoms with E-state index in [4.69, 9.17) is 0 Å². The summed E-state index contributed by atoms with van der Waals surface area (Å²) in [5, 5.41) is 2.60. The highest BCUT2D eigenvalue weighted by Crippen LogP contribution is 2.56. The fourth-order valence-electron chi connectivity index (χ4n) is 10.1. The van der Waals surface area contributed by atoms with Gasteiger partial charge in [0.05, 0.1) is 5.41 Å². The molecule has 0 spiro atoms. The van der Waals surface area contributed by atoms with Crippen LogP contribution in [0.3, 0.4) is 0 Å². The molecule has 11 aromatic rings. The molecule has 0 saturated carbocycles. The zero-order valence-electron chi connectivity index (χ0n) is 34.5. The van der Waals surface area contributed by atoms with Gasteiger partial charge in [0.15, 0.2) is 0 Å². The van der Waals surface area contributed by atoms with Crippen LogP contribution in [-0.2, 0) is 5.41 Å². The third-order valence-electron chi connectivity index (χ3n) is 12.9. The van der Waals surface area contributed by atoms with Crippen LogP contribution in [-0.4, -0.2) is 0 Å². The fourth-order valence-corrected chi connectivity index (χ4v) is 11.2. The maximum absolute atomic E-state index is 2.47. The molecule has 0 bridgehead atoms. The number of para-hydroxylation sites is 1. The van der Waals surface area contributed by atoms with E-state index in [1.54, 1.807) is 0 Å². The molecule has 1 aliphatic carbocycles. The zero-order valence-corrected chi connectivity index (χ0v) is 35.3. The van der Waals surface area contributed by atoms with Crippen LogP contribution in [0.1, 0.15) is 22.3 Å². The first-order valence-corrected chi connectivity index (χ1v) is 22.5. The Morgan fingerprint density at radius 1 is 0.286 bits per heavy atom. The molecule has 1 aromatic heterocycles. The van der Waals surface area contributed by atoms with Crippen LogP contribution in [0.15, 0.2) is 249 Å². The smallest absolute Gasteiger partial charge is 0.0714 e. The molecular weight excluding hydrogens is 779 g/mol. The molecule has 0 amide bonds. The van der Waals surface area contributed by atoms with E-state index in [2.05, 4.69) is 254 Å². The second-order valence-corrected chi connectivity index (χ2v) is 17.5. The van der Waals surface area contributed by atoms with Crippen molar-refractivity contribution < 1.29 is 0 Å². The van der Waals surface area contributed by atoms with Crippen molar-refractivity contribution in [1.29, 1.82) is 0 Å². The van der Waals surface area contributed by atoms with E-state index in [1.165, 1.54) is 86.9 Å². The molecule has 63 heavy (non-hydrogen) atoms. The first-order chi connectivity index (χ1) is 31.2. The summed E-state index contributed by atoms with van der Waals surface area (Å²) in [5.41, 5.74) is 18.0. The normalized spacial score (nSPS) is 12.6. The van der Waals surface area contributed by atoms with Crippen LogP contribution in [0.5, 0.6) is 0 Å². The van der Waals surface area contributed by atoms with Crippen LogP contribution in [0.25, 0.3) is 64.7 Å². The Bertz CT molecular complexity index is 3400. The van der Waals surface area contributed by atoms with Gasteiger partial charge in [-0.25, -0.2) is 0 Å². The molecule has 0 fully saturated rings. The lowest BCUT2D eigenvalue weighted by Gasteiger charge is -2.33. The van der Waals surface area contributed by atoms with Gasteiger partial charge in [-0.2, -0.15) is 0 Å². The van der Waals surface area contributed by atoms with Crippen LogP contribution >= 0.6 is 11.3 Å². The summed E-state index contributed by atoms with van der Waals surface area (Å²) in [6.45, 7) is 0. The van der Waals surface area contributed by atoms with Gasteiger partial charge in [0.25, 0.3) is 0 Å². The summed E-state index contributed by atoms with van der Waals surface area (Å²) in [5.74, 6) is 0. The third kappa shape index (κ3) is 6.22. The third-order valence-corrected chi connectivity index (χ3v) is 14.1. The summed E-state index contributed by atoms with van der Waals surface area (Å²) in [6, 6.07) is 91.3. The second kappa shape index (κ2) is 15.3. The minimum absolute atomic E-state index is 0.410. The van der Waals surface area contributed by atoms with Crippen LogP contribution in [0.4, 0.5) is 17.1 Å². The van der Waals surface area contributed by atoms with Crippen molar-refractivity contribution in [3.8, 4) is 44.5 Å². The summed E-state index contributed by atoms with van der Waals surface area (Å²) < 4.78 is 2.60. The van der Waals surface area contributed by atoms with E-state index >= 15 is 0 Å². The van der Waals surface area contributed by atoms with E-state index < -0.39 is 5.41 Å². The summed E-state index contributed by atoms with van der Waals surface area (Å²) in [7, 11) is 0. The van der Waals surface area contributed by atoms with Gasteiger partial charge in [-0.15, -0.1) is 11.3 Å². The predicted octanol–water partition coefficient (Wildman–Crippen LogP) is 16.9. The molecule has 0 saturated heterocycles. The van der Waals surface area contributed by atoms with E-state index in [9.17, 15) is 0 Å². The molecule has 0 atom stereocenters. The maximum atomic E-state index is 2.47. The molecule has 0 radical (unpaired) electrons. The van der Waals surface area contributed by atoms with Gasteiger partial charge >= 0.3 is 0 Å². The van der Waals surface area contributed by atoms with Crippen molar-refractivity contribution in [3.63, 3.8) is 0 Å². The number of anilines is 3. The van der Waals surface area contributed by atoms with Crippen molar-refractivity contribution in [3.05, 3.63) is 271 Å². The Balaban J connectivity index is 0.909. The Labute approximate surface area is 372 Å². The standard InChI is InChI=1S/C61H41NS/c1-4-16-42(17-5-1)43-30-34-51(35-31-43)62(50-23-8-3-9-24-50)52-25-15-20-46(39-52)44-18-14-19-45(38-44)47-32-36-55-56-37-33-49(41-60(56)63-59(55)40-47)61(48-21-6-2-7-22-48)57-28-12-10-26-53(57)54-27-11-13-29-58(54)61/h1-41H. The Kier molecular flexibility index (Phi) is 8.98. The van der Waals surface area contributed by atoms with Crippen molar-refractivity contribution in [2.75, 3.05) is 4.90 Å². The molecule has 296 valence electrons. The van der Waals surface area contributed by atoms with Crippen molar-refractivity contribution in [2.45, 2.75) is 5.41 Å². The molecule has 0 N–H and O–H groups in total. The Morgan fingerprint density at radius 2 is 0.746 bits per heavy atom. The summed E-state index contributed by atoms with van der Waals surface area (Å²) in [4.78, 5) is 2.34. The van der Waals surface area contributed by atoms with E-state index in [0.29, 0.717) is 0 Å². The van der Waals surface area contributed by atoms with Gasteiger partial charge in [-0.1, -0.05) is 194 Å². The monoisotopic (exact) mass is 819 g/mol. The Morgan fingerprint density at radius 3 is 1.43 bits per heavy atom. The lowest BCUT2D eigenvalue weighted by atomic mass is 9.67. The van der Waals surface area contributed by atoms with Gasteiger partial charge in [-0.05, 0) is 121 Å². The quantitative estimate of drug-likeness (QED) is 0.148. The van der Waals surface area contributed by atoms with E-state index in [1.807, 2.05) is 11.3 Å². The van der Waals surface area contributed by atoms with Gasteiger partial charge < -0.3 is 4.90 Å². The van der Waals surface area contributed by atoms with Crippen LogP contribution in [0.2, 0.25) is 0 Å². The number of fused-ring (bicyclic) bond motifs is 6. The highest BCUT2D eigenvalue weighted by atomic mass is 32.1. The molecule has 2 heteroatoms. The molecule has 10 aromatic carbocycles. The summed E-state index contributed by atoms with van der Waals surface area (Å²) in [6.07, 6.45) is 0. The lowest BCUT2D eigenvalue weighted by molar-refractivity contribution is 0.770. The number of thiophene rings is 1. The highest BCUT2D eigenvalue weighted by Gasteiger charge is 2.46. The highest BCUT2D eigenvalue weighted by molar-refractivity contribution is 7.25. The average Bonchev–Trinajstić information content (AvgIpc) is 3.88.